The number of hydrogen-bond acceptors (Lipinski definition) is 2. The van der Waals surface area contributed by atoms with Crippen molar-refractivity contribution in [2.45, 2.75) is 40.0 Å². The first-order valence-electron chi connectivity index (χ1n) is 8.00. The second-order valence-electron chi connectivity index (χ2n) is 6.97. The second-order valence-corrected chi connectivity index (χ2v) is 6.97. The Balaban J connectivity index is 1.78. The van der Waals surface area contributed by atoms with E-state index in [1.165, 1.54) is 0 Å². The summed E-state index contributed by atoms with van der Waals surface area (Å²) < 4.78 is 5.66. The van der Waals surface area contributed by atoms with Gasteiger partial charge in [0.1, 0.15) is 5.75 Å². The minimum atomic E-state index is 0.209. The molecule has 0 spiro atoms. The predicted octanol–water partition coefficient (Wildman–Crippen LogP) is 4.49. The quantitative estimate of drug-likeness (QED) is 0.761. The summed E-state index contributed by atoms with van der Waals surface area (Å²) in [5.41, 5.74) is 2.29. The van der Waals surface area contributed by atoms with Gasteiger partial charge in [-0.05, 0) is 59.9 Å². The van der Waals surface area contributed by atoms with Gasteiger partial charge in [0.05, 0.1) is 6.61 Å². The Morgan fingerprint density at radius 2 is 2.19 bits per heavy atom. The molecule has 1 aromatic rings. The van der Waals surface area contributed by atoms with Crippen LogP contribution in [0.1, 0.15) is 45.6 Å². The Bertz CT molecular complexity index is 583. The molecule has 3 aliphatic rings. The molecule has 0 saturated heterocycles. The van der Waals surface area contributed by atoms with Gasteiger partial charge in [0.25, 0.3) is 0 Å². The van der Waals surface area contributed by atoms with Crippen LogP contribution in [0.25, 0.3) is 6.08 Å². The van der Waals surface area contributed by atoms with Gasteiger partial charge in [-0.2, -0.15) is 0 Å². The fourth-order valence-corrected chi connectivity index (χ4v) is 3.64. The molecular formula is C19H24O2. The van der Waals surface area contributed by atoms with Crippen molar-refractivity contribution in [1.82, 2.24) is 0 Å². The van der Waals surface area contributed by atoms with Gasteiger partial charge in [-0.3, -0.25) is 4.79 Å². The van der Waals surface area contributed by atoms with E-state index in [9.17, 15) is 4.79 Å². The summed E-state index contributed by atoms with van der Waals surface area (Å²) in [6, 6.07) is 8.04. The molecule has 2 bridgehead atoms. The summed E-state index contributed by atoms with van der Waals surface area (Å²) in [5.74, 6) is 2.16. The summed E-state index contributed by atoms with van der Waals surface area (Å²) in [5, 5.41) is 0. The van der Waals surface area contributed by atoms with E-state index >= 15 is 0 Å². The minimum Gasteiger partial charge on any atom is -0.494 e. The molecule has 112 valence electrons. The Morgan fingerprint density at radius 1 is 1.38 bits per heavy atom. The van der Waals surface area contributed by atoms with Crippen molar-refractivity contribution in [1.29, 1.82) is 0 Å². The lowest BCUT2D eigenvalue weighted by Crippen LogP contribution is -2.53. The Hall–Kier alpha value is -1.57. The molecule has 4 rings (SSSR count). The molecule has 21 heavy (non-hydrogen) atoms. The van der Waals surface area contributed by atoms with Gasteiger partial charge >= 0.3 is 0 Å². The number of carbonyl (C=O) groups is 1. The van der Waals surface area contributed by atoms with Gasteiger partial charge in [-0.15, -0.1) is 0 Å². The molecule has 0 aromatic heterocycles. The van der Waals surface area contributed by atoms with Crippen LogP contribution in [0.4, 0.5) is 0 Å². The number of benzene rings is 1. The molecule has 2 heteroatoms. The van der Waals surface area contributed by atoms with E-state index < -0.39 is 0 Å². The third-order valence-corrected chi connectivity index (χ3v) is 5.24. The first-order chi connectivity index (χ1) is 10.0. The maximum atomic E-state index is 12.5. The fraction of sp³-hybridized carbons (Fsp3) is 0.526. The predicted molar refractivity (Wildman–Crippen MR) is 85.2 cm³/mol. The molecule has 0 radical (unpaired) electrons. The largest absolute Gasteiger partial charge is 0.494 e. The van der Waals surface area contributed by atoms with Crippen molar-refractivity contribution in [3.8, 4) is 5.75 Å². The summed E-state index contributed by atoms with van der Waals surface area (Å²) >= 11 is 0. The summed E-state index contributed by atoms with van der Waals surface area (Å²) in [4.78, 5) is 12.5. The van der Waals surface area contributed by atoms with Gasteiger partial charge in [0, 0.05) is 5.92 Å². The normalized spacial score (nSPS) is 28.3. The molecule has 3 saturated carbocycles. The van der Waals surface area contributed by atoms with Crippen LogP contribution in [0.2, 0.25) is 0 Å². The maximum Gasteiger partial charge on any atom is 0.162 e. The van der Waals surface area contributed by atoms with Gasteiger partial charge < -0.3 is 4.74 Å². The number of hydrogen-bond donors (Lipinski definition) is 0. The van der Waals surface area contributed by atoms with Crippen LogP contribution in [-0.2, 0) is 4.79 Å². The van der Waals surface area contributed by atoms with Gasteiger partial charge in [-0.25, -0.2) is 0 Å². The van der Waals surface area contributed by atoms with Crippen LogP contribution < -0.4 is 4.74 Å². The summed E-state index contributed by atoms with van der Waals surface area (Å²) in [6.45, 7) is 7.30. The molecule has 2 nitrogen and oxygen atoms in total. The van der Waals surface area contributed by atoms with E-state index in [0.29, 0.717) is 11.7 Å². The Kier molecular flexibility index (Phi) is 3.64. The van der Waals surface area contributed by atoms with E-state index in [2.05, 4.69) is 26.8 Å². The van der Waals surface area contributed by atoms with Crippen LogP contribution in [0.3, 0.4) is 0 Å². The standard InChI is InChI=1S/C19H24O2/c1-4-8-21-16-7-5-6-13(10-16)9-14-11-15-12-17(18(14)20)19(15,2)3/h5-7,9-10,15,17H,4,8,11-12H2,1-3H3. The number of ketones is 1. The van der Waals surface area contributed by atoms with E-state index in [1.807, 2.05) is 24.3 Å². The molecule has 1 aromatic carbocycles. The number of Topliss-reactive ketones (excluding diaryl/α,β-unsaturated/α-hetero) is 1. The van der Waals surface area contributed by atoms with Crippen molar-refractivity contribution in [2.24, 2.45) is 17.3 Å². The number of fused-ring (bicyclic) bond motifs is 2. The highest BCUT2D eigenvalue weighted by Crippen LogP contribution is 2.59. The van der Waals surface area contributed by atoms with E-state index in [1.54, 1.807) is 0 Å². The highest BCUT2D eigenvalue weighted by Gasteiger charge is 2.55. The Morgan fingerprint density at radius 3 is 2.86 bits per heavy atom. The second kappa shape index (κ2) is 5.32. The van der Waals surface area contributed by atoms with Gasteiger partial charge in [-0.1, -0.05) is 32.9 Å². The third kappa shape index (κ3) is 2.52. The number of rotatable bonds is 4. The van der Waals surface area contributed by atoms with Crippen LogP contribution in [0.15, 0.2) is 29.8 Å². The topological polar surface area (TPSA) is 26.3 Å². The number of carbonyl (C=O) groups excluding carboxylic acids is 1. The van der Waals surface area contributed by atoms with Crippen molar-refractivity contribution in [2.75, 3.05) is 6.61 Å². The minimum absolute atomic E-state index is 0.209. The molecule has 3 fully saturated rings. The van der Waals surface area contributed by atoms with Crippen LogP contribution in [0.5, 0.6) is 5.75 Å². The monoisotopic (exact) mass is 284 g/mol. The first-order valence-corrected chi connectivity index (χ1v) is 8.00. The lowest BCUT2D eigenvalue weighted by molar-refractivity contribution is -0.140. The molecular weight excluding hydrogens is 260 g/mol. The molecule has 0 N–H and O–H groups in total. The molecule has 2 unspecified atom stereocenters. The van der Waals surface area contributed by atoms with Crippen molar-refractivity contribution in [3.63, 3.8) is 0 Å². The molecule has 3 aliphatic carbocycles. The number of allylic oxidation sites excluding steroid dienone is 1. The first kappa shape index (κ1) is 14.4. The van der Waals surface area contributed by atoms with Crippen LogP contribution in [0, 0.1) is 17.3 Å². The average molecular weight is 284 g/mol. The third-order valence-electron chi connectivity index (χ3n) is 5.24. The van der Waals surface area contributed by atoms with Crippen LogP contribution in [-0.4, -0.2) is 12.4 Å². The molecule has 0 aliphatic heterocycles. The average Bonchev–Trinajstić information content (AvgIpc) is 2.47. The fourth-order valence-electron chi connectivity index (χ4n) is 3.64. The highest BCUT2D eigenvalue weighted by atomic mass is 16.5. The molecule has 0 amide bonds. The van der Waals surface area contributed by atoms with E-state index in [0.717, 1.165) is 42.8 Å². The zero-order valence-corrected chi connectivity index (χ0v) is 13.2. The van der Waals surface area contributed by atoms with E-state index in [-0.39, 0.29) is 11.3 Å². The molecule has 0 heterocycles. The van der Waals surface area contributed by atoms with Crippen molar-refractivity contribution < 1.29 is 9.53 Å². The lowest BCUT2D eigenvalue weighted by Gasteiger charge is -2.56. The summed E-state index contributed by atoms with van der Waals surface area (Å²) in [7, 11) is 0. The van der Waals surface area contributed by atoms with Crippen LogP contribution >= 0.6 is 0 Å². The summed E-state index contributed by atoms with van der Waals surface area (Å²) in [6.07, 6.45) is 5.09. The SMILES string of the molecule is CCCOc1cccc(C=C2CC3CC(C2=O)C3(C)C)c1. The van der Waals surface area contributed by atoms with Gasteiger partial charge in [0.2, 0.25) is 0 Å². The van der Waals surface area contributed by atoms with E-state index in [4.69, 9.17) is 4.74 Å². The van der Waals surface area contributed by atoms with Crippen molar-refractivity contribution in [3.05, 3.63) is 35.4 Å². The Labute approximate surface area is 127 Å². The zero-order valence-electron chi connectivity index (χ0n) is 13.2. The zero-order chi connectivity index (χ0) is 15.0. The van der Waals surface area contributed by atoms with Crippen molar-refractivity contribution >= 4 is 11.9 Å². The highest BCUT2D eigenvalue weighted by molar-refractivity contribution is 6.03. The smallest absolute Gasteiger partial charge is 0.162 e. The maximum absolute atomic E-state index is 12.5. The lowest BCUT2D eigenvalue weighted by atomic mass is 9.47. The van der Waals surface area contributed by atoms with Gasteiger partial charge in [0.15, 0.2) is 5.78 Å². The number of ether oxygens (including phenoxy) is 1. The molecule has 2 atom stereocenters.